The summed E-state index contributed by atoms with van der Waals surface area (Å²) in [7, 11) is 0. The molecule has 1 amide bonds. The molecule has 0 fully saturated rings. The first-order valence-corrected chi connectivity index (χ1v) is 7.32. The van der Waals surface area contributed by atoms with E-state index in [0.29, 0.717) is 11.4 Å². The Morgan fingerprint density at radius 3 is 2.95 bits per heavy atom. The summed E-state index contributed by atoms with van der Waals surface area (Å²) >= 11 is 7.32. The molecule has 1 aromatic heterocycles. The van der Waals surface area contributed by atoms with Gasteiger partial charge in [0, 0.05) is 16.8 Å². The van der Waals surface area contributed by atoms with Crippen molar-refractivity contribution in [3.8, 4) is 0 Å². The minimum atomic E-state index is -0.126. The van der Waals surface area contributed by atoms with Gasteiger partial charge < -0.3 is 11.1 Å². The number of aryl methyl sites for hydroxylation is 1. The Bertz CT molecular complexity index is 634. The van der Waals surface area contributed by atoms with Crippen molar-refractivity contribution in [2.45, 2.75) is 11.8 Å². The molecule has 2 aromatic rings. The van der Waals surface area contributed by atoms with Crippen molar-refractivity contribution in [3.05, 3.63) is 47.2 Å². The van der Waals surface area contributed by atoms with Crippen molar-refractivity contribution in [3.63, 3.8) is 0 Å². The molecule has 104 valence electrons. The van der Waals surface area contributed by atoms with E-state index in [9.17, 15) is 4.79 Å². The van der Waals surface area contributed by atoms with Crippen molar-refractivity contribution in [1.29, 1.82) is 0 Å². The number of hydrogen-bond donors (Lipinski definition) is 2. The maximum atomic E-state index is 11.8. The molecule has 6 heteroatoms. The lowest BCUT2D eigenvalue weighted by Crippen LogP contribution is -2.14. The van der Waals surface area contributed by atoms with Crippen LogP contribution in [-0.2, 0) is 4.79 Å². The number of carbonyl (C=O) groups is 1. The van der Waals surface area contributed by atoms with Crippen LogP contribution in [0.4, 0.5) is 11.4 Å². The summed E-state index contributed by atoms with van der Waals surface area (Å²) in [5, 5.41) is 3.01. The van der Waals surface area contributed by atoms with Crippen LogP contribution in [0.3, 0.4) is 0 Å². The molecule has 4 nitrogen and oxygen atoms in total. The summed E-state index contributed by atoms with van der Waals surface area (Å²) in [6, 6.07) is 9.14. The van der Waals surface area contributed by atoms with Gasteiger partial charge in [-0.3, -0.25) is 4.79 Å². The Morgan fingerprint density at radius 1 is 1.45 bits per heavy atom. The van der Waals surface area contributed by atoms with Crippen molar-refractivity contribution in [1.82, 2.24) is 4.98 Å². The van der Waals surface area contributed by atoms with Crippen molar-refractivity contribution >= 4 is 40.6 Å². The fourth-order valence-corrected chi connectivity index (χ4v) is 2.51. The van der Waals surface area contributed by atoms with Crippen LogP contribution in [0.1, 0.15) is 5.56 Å². The van der Waals surface area contributed by atoms with E-state index in [1.54, 1.807) is 18.3 Å². The Labute approximate surface area is 126 Å². The number of amides is 1. The quantitative estimate of drug-likeness (QED) is 0.516. The molecular formula is C14H14ClN3OS. The number of carbonyl (C=O) groups excluding carboxylic acids is 1. The molecule has 0 saturated carbocycles. The predicted octanol–water partition coefficient (Wildman–Crippen LogP) is 3.36. The number of rotatable bonds is 4. The van der Waals surface area contributed by atoms with Crippen LogP contribution < -0.4 is 11.1 Å². The molecule has 0 aliphatic carbocycles. The van der Waals surface area contributed by atoms with E-state index in [1.165, 1.54) is 11.8 Å². The Hall–Kier alpha value is -1.72. The van der Waals surface area contributed by atoms with E-state index in [1.807, 2.05) is 25.1 Å². The molecule has 0 unspecified atom stereocenters. The van der Waals surface area contributed by atoms with Crippen LogP contribution in [0.2, 0.25) is 5.15 Å². The van der Waals surface area contributed by atoms with Gasteiger partial charge in [-0.15, -0.1) is 11.8 Å². The summed E-state index contributed by atoms with van der Waals surface area (Å²) in [5.41, 5.74) is 8.03. The molecule has 3 N–H and O–H groups in total. The molecule has 2 rings (SSSR count). The van der Waals surface area contributed by atoms with Crippen LogP contribution in [0.25, 0.3) is 0 Å². The second kappa shape index (κ2) is 6.63. The molecule has 0 aliphatic heterocycles. The van der Waals surface area contributed by atoms with Crippen LogP contribution in [0.15, 0.2) is 41.4 Å². The molecule has 0 bridgehead atoms. The number of benzene rings is 1. The first-order valence-electron chi connectivity index (χ1n) is 5.95. The van der Waals surface area contributed by atoms with Crippen molar-refractivity contribution < 1.29 is 4.79 Å². The van der Waals surface area contributed by atoms with E-state index in [-0.39, 0.29) is 11.1 Å². The number of nitrogens with zero attached hydrogens (tertiary/aromatic N) is 1. The van der Waals surface area contributed by atoms with Gasteiger partial charge in [0.2, 0.25) is 5.91 Å². The zero-order chi connectivity index (χ0) is 14.5. The molecule has 1 aromatic carbocycles. The van der Waals surface area contributed by atoms with E-state index in [0.717, 1.165) is 16.1 Å². The SMILES string of the molecule is Cc1cc(SCC(=O)Nc2cccnc2Cl)ccc1N. The van der Waals surface area contributed by atoms with Gasteiger partial charge in [-0.1, -0.05) is 11.6 Å². The average Bonchev–Trinajstić information content (AvgIpc) is 2.43. The fraction of sp³-hybridized carbons (Fsp3) is 0.143. The maximum Gasteiger partial charge on any atom is 0.234 e. The van der Waals surface area contributed by atoms with E-state index in [4.69, 9.17) is 17.3 Å². The van der Waals surface area contributed by atoms with Gasteiger partial charge in [0.1, 0.15) is 0 Å². The standard InChI is InChI=1S/C14H14ClN3OS/c1-9-7-10(4-5-11(9)16)20-8-13(19)18-12-3-2-6-17-14(12)15/h2-7H,8,16H2,1H3,(H,18,19). The number of anilines is 2. The highest BCUT2D eigenvalue weighted by Crippen LogP contribution is 2.23. The summed E-state index contributed by atoms with van der Waals surface area (Å²) in [4.78, 5) is 16.8. The van der Waals surface area contributed by atoms with Gasteiger partial charge in [-0.2, -0.15) is 0 Å². The summed E-state index contributed by atoms with van der Waals surface area (Å²) in [6.07, 6.45) is 1.57. The molecular weight excluding hydrogens is 294 g/mol. The first-order chi connectivity index (χ1) is 9.56. The predicted molar refractivity (Wildman–Crippen MR) is 84.2 cm³/mol. The molecule has 1 heterocycles. The van der Waals surface area contributed by atoms with Crippen LogP contribution in [-0.4, -0.2) is 16.6 Å². The van der Waals surface area contributed by atoms with Crippen molar-refractivity contribution in [2.75, 3.05) is 16.8 Å². The minimum Gasteiger partial charge on any atom is -0.399 e. The van der Waals surface area contributed by atoms with Crippen LogP contribution in [0.5, 0.6) is 0 Å². The van der Waals surface area contributed by atoms with Gasteiger partial charge >= 0.3 is 0 Å². The van der Waals surface area contributed by atoms with Crippen LogP contribution in [0, 0.1) is 6.92 Å². The lowest BCUT2D eigenvalue weighted by atomic mass is 10.2. The van der Waals surface area contributed by atoms with Gasteiger partial charge in [-0.25, -0.2) is 4.98 Å². The van der Waals surface area contributed by atoms with Gasteiger partial charge in [0.05, 0.1) is 11.4 Å². The first kappa shape index (κ1) is 14.7. The van der Waals surface area contributed by atoms with Crippen LogP contribution >= 0.6 is 23.4 Å². The van der Waals surface area contributed by atoms with Crippen molar-refractivity contribution in [2.24, 2.45) is 0 Å². The fourth-order valence-electron chi connectivity index (χ4n) is 1.55. The smallest absolute Gasteiger partial charge is 0.234 e. The number of halogens is 1. The highest BCUT2D eigenvalue weighted by atomic mass is 35.5. The zero-order valence-corrected chi connectivity index (χ0v) is 12.5. The number of thioether (sulfide) groups is 1. The Kier molecular flexibility index (Phi) is 4.87. The number of aromatic nitrogens is 1. The number of nitrogens with one attached hydrogen (secondary N) is 1. The largest absolute Gasteiger partial charge is 0.399 e. The topological polar surface area (TPSA) is 68.0 Å². The number of nitrogen functional groups attached to an aromatic ring is 1. The zero-order valence-electron chi connectivity index (χ0n) is 10.9. The monoisotopic (exact) mass is 307 g/mol. The maximum absolute atomic E-state index is 11.8. The number of nitrogens with two attached hydrogens (primary N) is 1. The number of pyridine rings is 1. The van der Waals surface area contributed by atoms with Gasteiger partial charge in [-0.05, 0) is 42.8 Å². The third-order valence-electron chi connectivity index (χ3n) is 2.64. The lowest BCUT2D eigenvalue weighted by molar-refractivity contribution is -0.113. The lowest BCUT2D eigenvalue weighted by Gasteiger charge is -2.07. The molecule has 0 radical (unpaired) electrons. The third-order valence-corrected chi connectivity index (χ3v) is 3.94. The normalized spacial score (nSPS) is 10.3. The van der Waals surface area contributed by atoms with Gasteiger partial charge in [0.25, 0.3) is 0 Å². The summed E-state index contributed by atoms with van der Waals surface area (Å²) in [6.45, 7) is 1.94. The molecule has 0 atom stereocenters. The summed E-state index contributed by atoms with van der Waals surface area (Å²) in [5.74, 6) is 0.175. The molecule has 20 heavy (non-hydrogen) atoms. The van der Waals surface area contributed by atoms with E-state index < -0.39 is 0 Å². The Morgan fingerprint density at radius 2 is 2.25 bits per heavy atom. The summed E-state index contributed by atoms with van der Waals surface area (Å²) < 4.78 is 0. The molecule has 0 spiro atoms. The third kappa shape index (κ3) is 3.88. The second-order valence-electron chi connectivity index (χ2n) is 4.20. The molecule has 0 aliphatic rings. The van der Waals surface area contributed by atoms with E-state index >= 15 is 0 Å². The van der Waals surface area contributed by atoms with Gasteiger partial charge in [0.15, 0.2) is 5.15 Å². The Balaban J connectivity index is 1.92. The average molecular weight is 308 g/mol. The van der Waals surface area contributed by atoms with E-state index in [2.05, 4.69) is 10.3 Å². The molecule has 0 saturated heterocycles. The second-order valence-corrected chi connectivity index (χ2v) is 5.60. The number of hydrogen-bond acceptors (Lipinski definition) is 4. The highest BCUT2D eigenvalue weighted by molar-refractivity contribution is 8.00. The minimum absolute atomic E-state index is 0.126. The highest BCUT2D eigenvalue weighted by Gasteiger charge is 2.07.